The molecule has 0 spiro atoms. The van der Waals surface area contributed by atoms with Crippen molar-refractivity contribution in [3.05, 3.63) is 29.8 Å². The van der Waals surface area contributed by atoms with Gasteiger partial charge in [-0.2, -0.15) is 13.2 Å². The highest BCUT2D eigenvalue weighted by atomic mass is 19.4. The quantitative estimate of drug-likeness (QED) is 0.703. The molecule has 1 atom stereocenters. The van der Waals surface area contributed by atoms with Crippen LogP contribution in [0.15, 0.2) is 24.3 Å². The predicted molar refractivity (Wildman–Crippen MR) is 76.8 cm³/mol. The van der Waals surface area contributed by atoms with E-state index in [1.807, 2.05) is 0 Å². The largest absolute Gasteiger partial charge is 0.484 e. The number of nitrogens with one attached hydrogen (secondary N) is 1. The van der Waals surface area contributed by atoms with Crippen LogP contribution >= 0.6 is 0 Å². The van der Waals surface area contributed by atoms with Gasteiger partial charge >= 0.3 is 12.1 Å². The topological polar surface area (TPSA) is 92.7 Å². The third-order valence-corrected chi connectivity index (χ3v) is 2.98. The highest BCUT2D eigenvalue weighted by Gasteiger charge is 2.42. The van der Waals surface area contributed by atoms with Crippen molar-refractivity contribution in [2.45, 2.75) is 32.0 Å². The fourth-order valence-corrected chi connectivity index (χ4v) is 1.75. The number of carbonyl (C=O) groups excluding carboxylic acids is 2. The molecule has 0 bridgehead atoms. The van der Waals surface area contributed by atoms with Gasteiger partial charge in [-0.05, 0) is 24.3 Å². The molecule has 6 nitrogen and oxygen atoms in total. The van der Waals surface area contributed by atoms with Crippen LogP contribution in [-0.4, -0.2) is 41.6 Å². The molecule has 0 fully saturated rings. The van der Waals surface area contributed by atoms with Crippen LogP contribution in [0.4, 0.5) is 13.2 Å². The Kier molecular flexibility index (Phi) is 6.75. The molecule has 0 aliphatic rings. The molecule has 1 aromatic carbocycles. The molecule has 0 heterocycles. The van der Waals surface area contributed by atoms with E-state index in [4.69, 9.17) is 9.84 Å². The molecule has 0 saturated carbocycles. The van der Waals surface area contributed by atoms with E-state index in [9.17, 15) is 27.6 Å². The van der Waals surface area contributed by atoms with Gasteiger partial charge in [-0.15, -0.1) is 0 Å². The van der Waals surface area contributed by atoms with Gasteiger partial charge in [0.05, 0.1) is 6.42 Å². The lowest BCUT2D eigenvalue weighted by Gasteiger charge is -2.20. The number of rotatable bonds is 8. The van der Waals surface area contributed by atoms with Gasteiger partial charge < -0.3 is 15.2 Å². The van der Waals surface area contributed by atoms with Crippen molar-refractivity contribution in [1.82, 2.24) is 5.32 Å². The lowest BCUT2D eigenvalue weighted by molar-refractivity contribution is -0.170. The van der Waals surface area contributed by atoms with Crippen LogP contribution in [0.25, 0.3) is 0 Å². The monoisotopic (exact) mass is 347 g/mol. The van der Waals surface area contributed by atoms with Crippen molar-refractivity contribution < 1.29 is 37.4 Å². The number of ketones is 1. The number of carboxylic acids is 1. The van der Waals surface area contributed by atoms with Crippen LogP contribution in [-0.2, 0) is 9.59 Å². The maximum atomic E-state index is 12.6. The Morgan fingerprint density at radius 1 is 1.21 bits per heavy atom. The Morgan fingerprint density at radius 3 is 2.25 bits per heavy atom. The summed E-state index contributed by atoms with van der Waals surface area (Å²) in [6.45, 7) is 0.985. The van der Waals surface area contributed by atoms with E-state index in [1.165, 1.54) is 24.3 Å². The fraction of sp³-hybridized carbons (Fsp3) is 0.400. The normalized spacial score (nSPS) is 12.3. The number of Topliss-reactive ketones (excluding diaryl/α,β-unsaturated/α-hetero) is 1. The van der Waals surface area contributed by atoms with Crippen LogP contribution in [0.1, 0.15) is 30.1 Å². The number of ether oxygens (including phenoxy) is 1. The second kappa shape index (κ2) is 8.32. The van der Waals surface area contributed by atoms with E-state index in [0.29, 0.717) is 12.0 Å². The SMILES string of the molecule is CCC(=O)c1ccc(OCC(=O)NC(CC(=O)O)C(F)(F)F)cc1. The van der Waals surface area contributed by atoms with Crippen molar-refractivity contribution in [2.24, 2.45) is 0 Å². The average Bonchev–Trinajstić information content (AvgIpc) is 2.50. The second-order valence-corrected chi connectivity index (χ2v) is 4.85. The number of carboxylic acid groups (broad SMARTS) is 1. The number of amides is 1. The van der Waals surface area contributed by atoms with Gasteiger partial charge in [-0.1, -0.05) is 6.92 Å². The molecule has 24 heavy (non-hydrogen) atoms. The molecule has 1 unspecified atom stereocenters. The lowest BCUT2D eigenvalue weighted by atomic mass is 10.1. The smallest absolute Gasteiger partial charge is 0.409 e. The van der Waals surface area contributed by atoms with E-state index < -0.39 is 37.1 Å². The Hall–Kier alpha value is -2.58. The van der Waals surface area contributed by atoms with Gasteiger partial charge in [0.25, 0.3) is 5.91 Å². The molecule has 0 aliphatic heterocycles. The summed E-state index contributed by atoms with van der Waals surface area (Å²) in [4.78, 5) is 33.3. The first-order valence-corrected chi connectivity index (χ1v) is 6.97. The van der Waals surface area contributed by atoms with E-state index in [-0.39, 0.29) is 11.5 Å². The summed E-state index contributed by atoms with van der Waals surface area (Å²) in [5, 5.41) is 10.0. The molecule has 0 saturated heterocycles. The van der Waals surface area contributed by atoms with Gasteiger partial charge in [0.2, 0.25) is 0 Å². The number of halogens is 3. The molecule has 0 aromatic heterocycles. The highest BCUT2D eigenvalue weighted by Crippen LogP contribution is 2.22. The lowest BCUT2D eigenvalue weighted by Crippen LogP contribution is -2.48. The third-order valence-electron chi connectivity index (χ3n) is 2.98. The van der Waals surface area contributed by atoms with Gasteiger partial charge in [0.15, 0.2) is 12.4 Å². The zero-order valence-electron chi connectivity index (χ0n) is 12.7. The van der Waals surface area contributed by atoms with Crippen LogP contribution in [0.5, 0.6) is 5.75 Å². The molecule has 2 N–H and O–H groups in total. The van der Waals surface area contributed by atoms with Gasteiger partial charge in [-0.3, -0.25) is 14.4 Å². The second-order valence-electron chi connectivity index (χ2n) is 4.85. The van der Waals surface area contributed by atoms with Crippen molar-refractivity contribution >= 4 is 17.7 Å². The van der Waals surface area contributed by atoms with Crippen LogP contribution in [0.2, 0.25) is 0 Å². The van der Waals surface area contributed by atoms with Crippen LogP contribution in [0.3, 0.4) is 0 Å². The third kappa shape index (κ3) is 6.27. The molecule has 1 rings (SSSR count). The summed E-state index contributed by atoms with van der Waals surface area (Å²) >= 11 is 0. The molecule has 9 heteroatoms. The summed E-state index contributed by atoms with van der Waals surface area (Å²) in [7, 11) is 0. The van der Waals surface area contributed by atoms with Crippen molar-refractivity contribution in [2.75, 3.05) is 6.61 Å². The fourth-order valence-electron chi connectivity index (χ4n) is 1.75. The number of benzene rings is 1. The molecule has 0 radical (unpaired) electrons. The first-order chi connectivity index (χ1) is 11.1. The number of alkyl halides is 3. The predicted octanol–water partition coefficient (Wildman–Crippen LogP) is 2.18. The molecular formula is C15H16F3NO5. The number of aliphatic carboxylic acids is 1. The Balaban J connectivity index is 2.58. The minimum Gasteiger partial charge on any atom is -0.484 e. The van der Waals surface area contributed by atoms with Crippen molar-refractivity contribution in [3.8, 4) is 5.75 Å². The van der Waals surface area contributed by atoms with E-state index in [0.717, 1.165) is 0 Å². The maximum absolute atomic E-state index is 12.6. The molecular weight excluding hydrogens is 331 g/mol. The van der Waals surface area contributed by atoms with Crippen molar-refractivity contribution in [1.29, 1.82) is 0 Å². The van der Waals surface area contributed by atoms with E-state index >= 15 is 0 Å². The molecule has 1 amide bonds. The number of hydrogen-bond donors (Lipinski definition) is 2. The van der Waals surface area contributed by atoms with Crippen molar-refractivity contribution in [3.63, 3.8) is 0 Å². The molecule has 1 aromatic rings. The first-order valence-electron chi connectivity index (χ1n) is 6.97. The summed E-state index contributed by atoms with van der Waals surface area (Å²) in [6.07, 6.45) is -5.83. The minimum atomic E-state index is -4.88. The maximum Gasteiger partial charge on any atom is 0.409 e. The molecule has 0 aliphatic carbocycles. The van der Waals surface area contributed by atoms with Gasteiger partial charge in [-0.25, -0.2) is 0 Å². The van der Waals surface area contributed by atoms with E-state index in [2.05, 4.69) is 0 Å². The Morgan fingerprint density at radius 2 is 1.79 bits per heavy atom. The Bertz CT molecular complexity index is 598. The summed E-state index contributed by atoms with van der Waals surface area (Å²) in [5.41, 5.74) is 0.452. The number of carbonyl (C=O) groups is 3. The summed E-state index contributed by atoms with van der Waals surface area (Å²) in [5.74, 6) is -2.68. The molecule has 132 valence electrons. The first kappa shape index (κ1) is 19.5. The highest BCUT2D eigenvalue weighted by molar-refractivity contribution is 5.95. The standard InChI is InChI=1S/C15H16F3NO5/c1-2-11(20)9-3-5-10(6-4-9)24-8-13(21)19-12(7-14(22)23)15(16,17)18/h3-6,12H,2,7-8H2,1H3,(H,19,21)(H,22,23). The van der Waals surface area contributed by atoms with Gasteiger partial charge in [0.1, 0.15) is 11.8 Å². The summed E-state index contributed by atoms with van der Waals surface area (Å²) < 4.78 is 42.8. The van der Waals surface area contributed by atoms with Gasteiger partial charge in [0, 0.05) is 12.0 Å². The Labute approximate surface area is 135 Å². The minimum absolute atomic E-state index is 0.0824. The number of hydrogen-bond acceptors (Lipinski definition) is 4. The van der Waals surface area contributed by atoms with E-state index in [1.54, 1.807) is 12.2 Å². The summed E-state index contributed by atoms with van der Waals surface area (Å²) in [6, 6.07) is 3.28. The van der Waals surface area contributed by atoms with Crippen LogP contribution in [0, 0.1) is 0 Å². The zero-order valence-corrected chi connectivity index (χ0v) is 12.7. The average molecular weight is 347 g/mol. The zero-order chi connectivity index (χ0) is 18.3. The van der Waals surface area contributed by atoms with Crippen LogP contribution < -0.4 is 10.1 Å².